The summed E-state index contributed by atoms with van der Waals surface area (Å²) < 4.78 is 5.20. The van der Waals surface area contributed by atoms with Crippen LogP contribution in [0.4, 0.5) is 5.95 Å². The van der Waals surface area contributed by atoms with Gasteiger partial charge in [0.1, 0.15) is 5.75 Å². The Balaban J connectivity index is 0.00000108. The molecular formula is C12H15ClN3O-. The maximum absolute atomic E-state index is 5.20. The van der Waals surface area contributed by atoms with Gasteiger partial charge in [0, 0.05) is 19.2 Å². The van der Waals surface area contributed by atoms with Gasteiger partial charge < -0.3 is 27.0 Å². The monoisotopic (exact) mass is 252 g/mol. The molecule has 5 heteroatoms. The number of halogens is 1. The maximum atomic E-state index is 5.20. The van der Waals surface area contributed by atoms with Crippen molar-refractivity contribution in [1.29, 1.82) is 0 Å². The molecule has 0 amide bonds. The van der Waals surface area contributed by atoms with Gasteiger partial charge >= 0.3 is 0 Å². The van der Waals surface area contributed by atoms with E-state index in [0.29, 0.717) is 0 Å². The molecule has 1 aromatic heterocycles. The first-order valence-electron chi connectivity index (χ1n) is 5.65. The highest BCUT2D eigenvalue weighted by Crippen LogP contribution is 2.23. The summed E-state index contributed by atoms with van der Waals surface area (Å²) >= 11 is 0. The van der Waals surface area contributed by atoms with Gasteiger partial charge in [-0.15, -0.1) is 0 Å². The number of ether oxygens (including phenoxy) is 1. The Morgan fingerprint density at radius 1 is 1.29 bits per heavy atom. The second-order valence-corrected chi connectivity index (χ2v) is 4.14. The zero-order chi connectivity index (χ0) is 11.0. The Labute approximate surface area is 106 Å². The number of methoxy groups -OCH3 is 1. The van der Waals surface area contributed by atoms with Crippen LogP contribution in [0, 0.1) is 0 Å². The zero-order valence-corrected chi connectivity index (χ0v) is 10.5. The van der Waals surface area contributed by atoms with Crippen molar-refractivity contribution >= 4 is 17.0 Å². The van der Waals surface area contributed by atoms with Crippen LogP contribution >= 0.6 is 0 Å². The molecule has 1 aliphatic rings. The lowest BCUT2D eigenvalue weighted by Crippen LogP contribution is -3.00. The number of hydrogen-bond donors (Lipinski definition) is 1. The predicted molar refractivity (Wildman–Crippen MR) is 64.1 cm³/mol. The maximum Gasteiger partial charge on any atom is 0.203 e. The SMILES string of the molecule is COc1ccc2nc(N3CCCC3)[nH]c2c1.[Cl-]. The van der Waals surface area contributed by atoms with Crippen LogP contribution in [0.25, 0.3) is 11.0 Å². The van der Waals surface area contributed by atoms with Gasteiger partial charge in [-0.05, 0) is 25.0 Å². The highest BCUT2D eigenvalue weighted by atomic mass is 35.5. The van der Waals surface area contributed by atoms with Gasteiger partial charge in [-0.2, -0.15) is 0 Å². The van der Waals surface area contributed by atoms with E-state index in [-0.39, 0.29) is 12.4 Å². The average Bonchev–Trinajstić information content (AvgIpc) is 2.96. The van der Waals surface area contributed by atoms with Gasteiger partial charge in [0.2, 0.25) is 5.95 Å². The van der Waals surface area contributed by atoms with Crippen molar-refractivity contribution in [3.8, 4) is 5.75 Å². The lowest BCUT2D eigenvalue weighted by atomic mass is 10.3. The molecule has 0 unspecified atom stereocenters. The number of nitrogens with zero attached hydrogens (tertiary/aromatic N) is 2. The second-order valence-electron chi connectivity index (χ2n) is 4.14. The molecule has 1 saturated heterocycles. The molecule has 2 heterocycles. The van der Waals surface area contributed by atoms with Crippen LogP contribution in [0.2, 0.25) is 0 Å². The first-order chi connectivity index (χ1) is 7.86. The lowest BCUT2D eigenvalue weighted by molar-refractivity contribution is -0.00000370. The fraction of sp³-hybridized carbons (Fsp3) is 0.417. The van der Waals surface area contributed by atoms with Crippen molar-refractivity contribution in [2.24, 2.45) is 0 Å². The number of imidazole rings is 1. The van der Waals surface area contributed by atoms with Crippen molar-refractivity contribution in [2.75, 3.05) is 25.1 Å². The van der Waals surface area contributed by atoms with Gasteiger partial charge in [-0.3, -0.25) is 0 Å². The zero-order valence-electron chi connectivity index (χ0n) is 9.74. The van der Waals surface area contributed by atoms with E-state index in [0.717, 1.165) is 35.8 Å². The highest BCUT2D eigenvalue weighted by Gasteiger charge is 2.15. The summed E-state index contributed by atoms with van der Waals surface area (Å²) in [6.45, 7) is 2.22. The molecule has 92 valence electrons. The molecular weight excluding hydrogens is 238 g/mol. The number of aromatic nitrogens is 2. The molecule has 3 rings (SSSR count). The summed E-state index contributed by atoms with van der Waals surface area (Å²) in [4.78, 5) is 10.2. The number of H-pyrrole nitrogens is 1. The lowest BCUT2D eigenvalue weighted by Gasteiger charge is -2.12. The molecule has 0 atom stereocenters. The van der Waals surface area contributed by atoms with Crippen molar-refractivity contribution < 1.29 is 17.1 Å². The molecule has 0 spiro atoms. The Hall–Kier alpha value is -1.42. The smallest absolute Gasteiger partial charge is 0.203 e. The van der Waals surface area contributed by atoms with E-state index < -0.39 is 0 Å². The second kappa shape index (κ2) is 4.84. The standard InChI is InChI=1S/C12H15N3O.ClH/c1-16-9-4-5-10-11(8-9)14-12(13-10)15-6-2-3-7-15;/h4-5,8H,2-3,6-7H2,1H3,(H,13,14);1H/p-1. The molecule has 1 aromatic carbocycles. The van der Waals surface area contributed by atoms with Gasteiger partial charge in [0.25, 0.3) is 0 Å². The van der Waals surface area contributed by atoms with Crippen LogP contribution in [0.15, 0.2) is 18.2 Å². The van der Waals surface area contributed by atoms with Crippen molar-refractivity contribution in [3.05, 3.63) is 18.2 Å². The molecule has 2 aromatic rings. The van der Waals surface area contributed by atoms with Crippen LogP contribution in [-0.2, 0) is 0 Å². The molecule has 0 aliphatic carbocycles. The minimum Gasteiger partial charge on any atom is -1.00 e. The fourth-order valence-electron chi connectivity index (χ4n) is 2.18. The summed E-state index contributed by atoms with van der Waals surface area (Å²) in [5, 5.41) is 0. The predicted octanol–water partition coefficient (Wildman–Crippen LogP) is -0.824. The van der Waals surface area contributed by atoms with Crippen molar-refractivity contribution in [1.82, 2.24) is 9.97 Å². The van der Waals surface area contributed by atoms with E-state index in [1.165, 1.54) is 12.8 Å². The summed E-state index contributed by atoms with van der Waals surface area (Å²) in [5.74, 6) is 1.85. The van der Waals surface area contributed by atoms with Gasteiger partial charge in [-0.1, -0.05) is 0 Å². The Morgan fingerprint density at radius 2 is 2.06 bits per heavy atom. The average molecular weight is 253 g/mol. The number of aromatic amines is 1. The summed E-state index contributed by atoms with van der Waals surface area (Å²) in [5.41, 5.74) is 2.05. The van der Waals surface area contributed by atoms with E-state index in [4.69, 9.17) is 4.74 Å². The number of hydrogen-bond acceptors (Lipinski definition) is 3. The molecule has 1 aliphatic heterocycles. The van der Waals surface area contributed by atoms with Crippen LogP contribution in [0.3, 0.4) is 0 Å². The minimum atomic E-state index is 0. The third-order valence-electron chi connectivity index (χ3n) is 3.08. The molecule has 17 heavy (non-hydrogen) atoms. The quantitative estimate of drug-likeness (QED) is 0.759. The largest absolute Gasteiger partial charge is 1.00 e. The Kier molecular flexibility index (Phi) is 3.43. The first-order valence-corrected chi connectivity index (χ1v) is 5.65. The molecule has 1 fully saturated rings. The van der Waals surface area contributed by atoms with E-state index >= 15 is 0 Å². The van der Waals surface area contributed by atoms with Crippen LogP contribution in [0.5, 0.6) is 5.75 Å². The van der Waals surface area contributed by atoms with Gasteiger partial charge in [0.05, 0.1) is 18.1 Å². The molecule has 4 nitrogen and oxygen atoms in total. The number of rotatable bonds is 2. The topological polar surface area (TPSA) is 41.1 Å². The van der Waals surface area contributed by atoms with Gasteiger partial charge in [0.15, 0.2) is 0 Å². The molecule has 0 bridgehead atoms. The third-order valence-corrected chi connectivity index (χ3v) is 3.08. The third kappa shape index (κ3) is 2.17. The molecule has 0 radical (unpaired) electrons. The van der Waals surface area contributed by atoms with Crippen LogP contribution < -0.4 is 22.0 Å². The molecule has 1 N–H and O–H groups in total. The van der Waals surface area contributed by atoms with E-state index in [1.807, 2.05) is 18.2 Å². The number of fused-ring (bicyclic) bond motifs is 1. The van der Waals surface area contributed by atoms with E-state index in [2.05, 4.69) is 14.9 Å². The molecule has 0 saturated carbocycles. The van der Waals surface area contributed by atoms with E-state index in [1.54, 1.807) is 7.11 Å². The minimum absolute atomic E-state index is 0. The Bertz CT molecular complexity index is 505. The van der Waals surface area contributed by atoms with Crippen molar-refractivity contribution in [3.63, 3.8) is 0 Å². The number of anilines is 1. The fourth-order valence-corrected chi connectivity index (χ4v) is 2.18. The van der Waals surface area contributed by atoms with Crippen molar-refractivity contribution in [2.45, 2.75) is 12.8 Å². The summed E-state index contributed by atoms with van der Waals surface area (Å²) in [7, 11) is 1.68. The van der Waals surface area contributed by atoms with Crippen LogP contribution in [-0.4, -0.2) is 30.2 Å². The van der Waals surface area contributed by atoms with E-state index in [9.17, 15) is 0 Å². The summed E-state index contributed by atoms with van der Waals surface area (Å²) in [6, 6.07) is 5.92. The summed E-state index contributed by atoms with van der Waals surface area (Å²) in [6.07, 6.45) is 2.53. The Morgan fingerprint density at radius 3 is 2.76 bits per heavy atom. The normalized spacial score (nSPS) is 15.0. The highest BCUT2D eigenvalue weighted by molar-refractivity contribution is 5.79. The van der Waals surface area contributed by atoms with Crippen LogP contribution in [0.1, 0.15) is 12.8 Å². The number of benzene rings is 1. The van der Waals surface area contributed by atoms with Gasteiger partial charge in [-0.25, -0.2) is 4.98 Å². The number of nitrogens with one attached hydrogen (secondary N) is 1. The first kappa shape index (κ1) is 12.0.